The molecule has 0 spiro atoms. The van der Waals surface area contributed by atoms with Crippen LogP contribution in [0.4, 0.5) is 14.5 Å². The summed E-state index contributed by atoms with van der Waals surface area (Å²) in [7, 11) is 0. The predicted molar refractivity (Wildman–Crippen MR) is 99.7 cm³/mol. The van der Waals surface area contributed by atoms with E-state index in [2.05, 4.69) is 15.3 Å². The quantitative estimate of drug-likeness (QED) is 0.726. The number of carbonyl (C=O) groups excluding carboxylic acids is 2. The second-order valence-corrected chi connectivity index (χ2v) is 6.76. The number of halogens is 2. The summed E-state index contributed by atoms with van der Waals surface area (Å²) < 4.78 is 26.7. The zero-order chi connectivity index (χ0) is 19.7. The highest BCUT2D eigenvalue weighted by molar-refractivity contribution is 6.00. The first-order valence-electron chi connectivity index (χ1n) is 8.98. The van der Waals surface area contributed by atoms with Crippen LogP contribution in [0.2, 0.25) is 0 Å². The van der Waals surface area contributed by atoms with E-state index in [9.17, 15) is 18.4 Å². The molecule has 1 aliphatic heterocycles. The Balaban J connectivity index is 1.45. The lowest BCUT2D eigenvalue weighted by Crippen LogP contribution is -2.52. The third-order valence-electron chi connectivity index (χ3n) is 4.91. The Bertz CT molecular complexity index is 1050. The number of anilines is 1. The van der Waals surface area contributed by atoms with Gasteiger partial charge >= 0.3 is 0 Å². The molecule has 0 bridgehead atoms. The van der Waals surface area contributed by atoms with Gasteiger partial charge in [-0.05, 0) is 36.6 Å². The molecule has 6 nitrogen and oxygen atoms in total. The molecular weight excluding hydrogens is 366 g/mol. The Morgan fingerprint density at radius 2 is 2.14 bits per heavy atom. The summed E-state index contributed by atoms with van der Waals surface area (Å²) in [6.07, 6.45) is 6.36. The van der Waals surface area contributed by atoms with Crippen LogP contribution in [0.5, 0.6) is 0 Å². The van der Waals surface area contributed by atoms with Gasteiger partial charge in [0.15, 0.2) is 11.6 Å². The number of aromatic amines is 1. The number of piperidine rings is 1. The summed E-state index contributed by atoms with van der Waals surface area (Å²) in [5, 5.41) is 3.68. The maximum absolute atomic E-state index is 13.5. The van der Waals surface area contributed by atoms with E-state index in [-0.39, 0.29) is 23.9 Å². The molecule has 3 aromatic rings. The third kappa shape index (κ3) is 3.45. The standard InChI is InChI=1S/C20H18F2N4O2/c21-15-4-3-13(9-16(15)22)26-7-1-2-17(20(26)28)25-19(27)8-12-10-24-18-11-23-6-5-14(12)18/h3-6,9-11,17,24H,1-2,7-8H2,(H,25,27). The largest absolute Gasteiger partial charge is 0.360 e. The van der Waals surface area contributed by atoms with E-state index >= 15 is 0 Å². The Morgan fingerprint density at radius 3 is 2.96 bits per heavy atom. The van der Waals surface area contributed by atoms with Gasteiger partial charge < -0.3 is 15.2 Å². The van der Waals surface area contributed by atoms with Crippen LogP contribution in [0.3, 0.4) is 0 Å². The smallest absolute Gasteiger partial charge is 0.249 e. The summed E-state index contributed by atoms with van der Waals surface area (Å²) in [6, 6.07) is 4.48. The normalized spacial score (nSPS) is 17.1. The van der Waals surface area contributed by atoms with Crippen LogP contribution in [0.1, 0.15) is 18.4 Å². The highest BCUT2D eigenvalue weighted by Gasteiger charge is 2.31. The minimum Gasteiger partial charge on any atom is -0.360 e. The molecule has 1 aromatic carbocycles. The van der Waals surface area contributed by atoms with Crippen molar-refractivity contribution in [2.45, 2.75) is 25.3 Å². The first kappa shape index (κ1) is 18.1. The first-order valence-corrected chi connectivity index (χ1v) is 8.98. The van der Waals surface area contributed by atoms with Crippen molar-refractivity contribution in [3.8, 4) is 0 Å². The molecule has 2 amide bonds. The first-order chi connectivity index (χ1) is 13.5. The molecule has 8 heteroatoms. The number of aromatic nitrogens is 2. The maximum Gasteiger partial charge on any atom is 0.249 e. The Hall–Kier alpha value is -3.29. The second kappa shape index (κ2) is 7.38. The number of hydrogen-bond donors (Lipinski definition) is 2. The van der Waals surface area contributed by atoms with Crippen LogP contribution >= 0.6 is 0 Å². The van der Waals surface area contributed by atoms with Crippen LogP contribution in [0.25, 0.3) is 10.9 Å². The van der Waals surface area contributed by atoms with E-state index in [0.717, 1.165) is 28.6 Å². The average molecular weight is 384 g/mol. The number of fused-ring (bicyclic) bond motifs is 1. The number of amides is 2. The van der Waals surface area contributed by atoms with Gasteiger partial charge in [-0.25, -0.2) is 8.78 Å². The van der Waals surface area contributed by atoms with E-state index in [4.69, 9.17) is 0 Å². The topological polar surface area (TPSA) is 78.1 Å². The van der Waals surface area contributed by atoms with Gasteiger partial charge in [0.2, 0.25) is 11.8 Å². The van der Waals surface area contributed by atoms with Crippen LogP contribution < -0.4 is 10.2 Å². The van der Waals surface area contributed by atoms with Crippen molar-refractivity contribution in [1.82, 2.24) is 15.3 Å². The number of carbonyl (C=O) groups is 2. The fourth-order valence-electron chi connectivity index (χ4n) is 3.52. The molecule has 2 aromatic heterocycles. The number of nitrogens with one attached hydrogen (secondary N) is 2. The van der Waals surface area contributed by atoms with E-state index in [1.54, 1.807) is 18.6 Å². The maximum atomic E-state index is 13.5. The van der Waals surface area contributed by atoms with Crippen molar-refractivity contribution in [2.24, 2.45) is 0 Å². The summed E-state index contributed by atoms with van der Waals surface area (Å²) in [5.41, 5.74) is 1.94. The summed E-state index contributed by atoms with van der Waals surface area (Å²) in [5.74, 6) is -2.57. The molecule has 0 saturated carbocycles. The van der Waals surface area contributed by atoms with Crippen molar-refractivity contribution >= 4 is 28.4 Å². The van der Waals surface area contributed by atoms with Gasteiger partial charge in [-0.2, -0.15) is 0 Å². The van der Waals surface area contributed by atoms with Crippen LogP contribution in [0.15, 0.2) is 42.9 Å². The van der Waals surface area contributed by atoms with Crippen molar-refractivity contribution in [1.29, 1.82) is 0 Å². The molecule has 1 unspecified atom stereocenters. The molecular formula is C20H18F2N4O2. The molecule has 2 N–H and O–H groups in total. The highest BCUT2D eigenvalue weighted by atomic mass is 19.2. The van der Waals surface area contributed by atoms with Gasteiger partial charge in [-0.1, -0.05) is 0 Å². The minimum atomic E-state index is -1.01. The molecule has 144 valence electrons. The fraction of sp³-hybridized carbons (Fsp3) is 0.250. The zero-order valence-corrected chi connectivity index (χ0v) is 14.9. The minimum absolute atomic E-state index is 0.124. The predicted octanol–water partition coefficient (Wildman–Crippen LogP) is 2.70. The van der Waals surface area contributed by atoms with Crippen molar-refractivity contribution in [2.75, 3.05) is 11.4 Å². The molecule has 28 heavy (non-hydrogen) atoms. The van der Waals surface area contributed by atoms with E-state index in [0.29, 0.717) is 19.4 Å². The molecule has 3 heterocycles. The monoisotopic (exact) mass is 384 g/mol. The Kier molecular flexibility index (Phi) is 4.77. The van der Waals surface area contributed by atoms with Crippen molar-refractivity contribution < 1.29 is 18.4 Å². The van der Waals surface area contributed by atoms with Gasteiger partial charge in [0.05, 0.1) is 18.1 Å². The lowest BCUT2D eigenvalue weighted by Gasteiger charge is -2.32. The SMILES string of the molecule is O=C(Cc1c[nH]c2cnccc12)NC1CCCN(c2ccc(F)c(F)c2)C1=O. The van der Waals surface area contributed by atoms with Crippen LogP contribution in [-0.4, -0.2) is 34.4 Å². The number of H-pyrrole nitrogens is 1. The lowest BCUT2D eigenvalue weighted by atomic mass is 10.0. The molecule has 1 fully saturated rings. The van der Waals surface area contributed by atoms with E-state index in [1.807, 2.05) is 6.07 Å². The van der Waals surface area contributed by atoms with Crippen molar-refractivity contribution in [3.05, 3.63) is 60.1 Å². The number of benzene rings is 1. The number of rotatable bonds is 4. The summed E-state index contributed by atoms with van der Waals surface area (Å²) in [4.78, 5) is 33.7. The van der Waals surface area contributed by atoms with E-state index in [1.165, 1.54) is 11.0 Å². The fourth-order valence-corrected chi connectivity index (χ4v) is 3.52. The van der Waals surface area contributed by atoms with Gasteiger partial charge in [0, 0.05) is 36.1 Å². The number of hydrogen-bond acceptors (Lipinski definition) is 3. The van der Waals surface area contributed by atoms with Crippen LogP contribution in [-0.2, 0) is 16.0 Å². The molecule has 0 aliphatic carbocycles. The molecule has 1 atom stereocenters. The third-order valence-corrected chi connectivity index (χ3v) is 4.91. The zero-order valence-electron chi connectivity index (χ0n) is 14.9. The Labute approximate surface area is 159 Å². The van der Waals surface area contributed by atoms with Gasteiger partial charge in [-0.3, -0.25) is 14.6 Å². The summed E-state index contributed by atoms with van der Waals surface area (Å²) in [6.45, 7) is 0.395. The Morgan fingerprint density at radius 1 is 1.29 bits per heavy atom. The average Bonchev–Trinajstić information content (AvgIpc) is 3.09. The summed E-state index contributed by atoms with van der Waals surface area (Å²) >= 11 is 0. The molecule has 1 saturated heterocycles. The van der Waals surface area contributed by atoms with Crippen LogP contribution in [0, 0.1) is 11.6 Å². The van der Waals surface area contributed by atoms with Gasteiger partial charge in [-0.15, -0.1) is 0 Å². The lowest BCUT2D eigenvalue weighted by molar-refractivity contribution is -0.128. The van der Waals surface area contributed by atoms with Gasteiger partial charge in [0.1, 0.15) is 6.04 Å². The number of pyridine rings is 1. The molecule has 0 radical (unpaired) electrons. The highest BCUT2D eigenvalue weighted by Crippen LogP contribution is 2.23. The van der Waals surface area contributed by atoms with Gasteiger partial charge in [0.25, 0.3) is 0 Å². The number of nitrogens with zero attached hydrogens (tertiary/aromatic N) is 2. The van der Waals surface area contributed by atoms with E-state index < -0.39 is 17.7 Å². The van der Waals surface area contributed by atoms with Crippen molar-refractivity contribution in [3.63, 3.8) is 0 Å². The molecule has 1 aliphatic rings. The second-order valence-electron chi connectivity index (χ2n) is 6.76. The molecule has 4 rings (SSSR count).